The van der Waals surface area contributed by atoms with Gasteiger partial charge >= 0.3 is 0 Å². The first-order chi connectivity index (χ1) is 9.13. The number of fused-ring (bicyclic) bond motifs is 1. The van der Waals surface area contributed by atoms with E-state index in [2.05, 4.69) is 11.9 Å². The normalized spacial score (nSPS) is 17.1. The minimum atomic E-state index is -0.280. The van der Waals surface area contributed by atoms with Crippen molar-refractivity contribution in [2.75, 3.05) is 13.1 Å². The average Bonchev–Trinajstić information content (AvgIpc) is 2.81. The summed E-state index contributed by atoms with van der Waals surface area (Å²) in [5, 5.41) is 0.744. The van der Waals surface area contributed by atoms with Crippen LogP contribution in [0.4, 0.5) is 4.39 Å². The van der Waals surface area contributed by atoms with Gasteiger partial charge in [0.25, 0.3) is 5.91 Å². The third-order valence-electron chi connectivity index (χ3n) is 3.88. The molecule has 0 aliphatic carbocycles. The van der Waals surface area contributed by atoms with Crippen LogP contribution in [0.3, 0.4) is 0 Å². The van der Waals surface area contributed by atoms with Crippen LogP contribution in [0.2, 0.25) is 0 Å². The number of H-pyrrole nitrogens is 1. The molecule has 0 bridgehead atoms. The number of halogens is 1. The van der Waals surface area contributed by atoms with E-state index in [0.29, 0.717) is 11.6 Å². The first-order valence-corrected chi connectivity index (χ1v) is 6.71. The fourth-order valence-electron chi connectivity index (χ4n) is 2.60. The molecular weight excluding hydrogens is 243 g/mol. The predicted molar refractivity (Wildman–Crippen MR) is 72.6 cm³/mol. The molecule has 1 amide bonds. The lowest BCUT2D eigenvalue weighted by atomic mass is 9.99. The fraction of sp³-hybridized carbons (Fsp3) is 0.400. The summed E-state index contributed by atoms with van der Waals surface area (Å²) in [6.45, 7) is 3.83. The number of nitrogens with zero attached hydrogens (tertiary/aromatic N) is 1. The highest BCUT2D eigenvalue weighted by Gasteiger charge is 2.22. The molecular formula is C15H17FN2O. The monoisotopic (exact) mass is 260 g/mol. The second-order valence-corrected chi connectivity index (χ2v) is 5.39. The number of hydrogen-bond acceptors (Lipinski definition) is 1. The molecule has 0 saturated carbocycles. The van der Waals surface area contributed by atoms with E-state index in [-0.39, 0.29) is 11.7 Å². The van der Waals surface area contributed by atoms with Gasteiger partial charge in [0.05, 0.1) is 0 Å². The Bertz CT molecular complexity index is 612. The molecule has 2 heterocycles. The molecule has 0 radical (unpaired) electrons. The van der Waals surface area contributed by atoms with E-state index in [1.54, 1.807) is 12.1 Å². The number of amides is 1. The van der Waals surface area contributed by atoms with Crippen molar-refractivity contribution in [3.8, 4) is 0 Å². The van der Waals surface area contributed by atoms with E-state index in [1.165, 1.54) is 12.1 Å². The van der Waals surface area contributed by atoms with E-state index < -0.39 is 0 Å². The van der Waals surface area contributed by atoms with E-state index >= 15 is 0 Å². The molecule has 3 nitrogen and oxygen atoms in total. The lowest BCUT2D eigenvalue weighted by Gasteiger charge is -2.29. The molecule has 1 aliphatic heterocycles. The largest absolute Gasteiger partial charge is 0.351 e. The number of rotatable bonds is 1. The summed E-state index contributed by atoms with van der Waals surface area (Å²) in [6, 6.07) is 6.25. The van der Waals surface area contributed by atoms with Gasteiger partial charge in [0.1, 0.15) is 11.5 Å². The Morgan fingerprint density at radius 3 is 2.79 bits per heavy atom. The Morgan fingerprint density at radius 2 is 2.05 bits per heavy atom. The quantitative estimate of drug-likeness (QED) is 0.840. The van der Waals surface area contributed by atoms with Gasteiger partial charge in [0.2, 0.25) is 0 Å². The number of aromatic amines is 1. The predicted octanol–water partition coefficient (Wildman–Crippen LogP) is 3.18. The second-order valence-electron chi connectivity index (χ2n) is 5.39. The van der Waals surface area contributed by atoms with Gasteiger partial charge in [-0.2, -0.15) is 0 Å². The Hall–Kier alpha value is -1.84. The first-order valence-electron chi connectivity index (χ1n) is 6.71. The van der Waals surface area contributed by atoms with Crippen molar-refractivity contribution in [1.29, 1.82) is 0 Å². The van der Waals surface area contributed by atoms with Crippen molar-refractivity contribution < 1.29 is 9.18 Å². The van der Waals surface area contributed by atoms with Crippen LogP contribution in [0, 0.1) is 11.7 Å². The number of benzene rings is 1. The maximum Gasteiger partial charge on any atom is 0.270 e. The van der Waals surface area contributed by atoms with Crippen LogP contribution < -0.4 is 0 Å². The zero-order chi connectivity index (χ0) is 13.4. The highest BCUT2D eigenvalue weighted by molar-refractivity contribution is 5.98. The molecule has 0 atom stereocenters. The third-order valence-corrected chi connectivity index (χ3v) is 3.88. The molecule has 0 spiro atoms. The molecule has 1 fully saturated rings. The van der Waals surface area contributed by atoms with Gasteiger partial charge in [-0.1, -0.05) is 6.92 Å². The highest BCUT2D eigenvalue weighted by Crippen LogP contribution is 2.21. The van der Waals surface area contributed by atoms with Crippen LogP contribution in [-0.2, 0) is 0 Å². The standard InChI is InChI=1S/C15H17FN2O/c1-10-4-6-18(7-5-10)15(19)14-9-11-8-12(16)2-3-13(11)17-14/h2-3,8-10,17H,4-7H2,1H3. The summed E-state index contributed by atoms with van der Waals surface area (Å²) in [6.07, 6.45) is 2.11. The van der Waals surface area contributed by atoms with Crippen LogP contribution in [0.5, 0.6) is 0 Å². The molecule has 1 N–H and O–H groups in total. The highest BCUT2D eigenvalue weighted by atomic mass is 19.1. The van der Waals surface area contributed by atoms with Gasteiger partial charge in [0, 0.05) is 24.0 Å². The molecule has 3 rings (SSSR count). The van der Waals surface area contributed by atoms with Gasteiger partial charge in [-0.3, -0.25) is 4.79 Å². The number of piperidine rings is 1. The molecule has 1 aliphatic rings. The van der Waals surface area contributed by atoms with Crippen molar-refractivity contribution in [2.45, 2.75) is 19.8 Å². The van der Waals surface area contributed by atoms with Gasteiger partial charge < -0.3 is 9.88 Å². The summed E-state index contributed by atoms with van der Waals surface area (Å²) >= 11 is 0. The summed E-state index contributed by atoms with van der Waals surface area (Å²) in [4.78, 5) is 17.3. The second kappa shape index (κ2) is 4.68. The summed E-state index contributed by atoms with van der Waals surface area (Å²) < 4.78 is 13.1. The topological polar surface area (TPSA) is 36.1 Å². The zero-order valence-electron chi connectivity index (χ0n) is 10.9. The summed E-state index contributed by atoms with van der Waals surface area (Å²) in [5.41, 5.74) is 1.35. The Labute approximate surface area is 111 Å². The average molecular weight is 260 g/mol. The number of aromatic nitrogens is 1. The number of hydrogen-bond donors (Lipinski definition) is 1. The molecule has 1 saturated heterocycles. The van der Waals surface area contributed by atoms with Gasteiger partial charge in [-0.15, -0.1) is 0 Å². The van der Waals surface area contributed by atoms with E-state index in [1.807, 2.05) is 4.90 Å². The van der Waals surface area contributed by atoms with Gasteiger partial charge in [-0.05, 0) is 43.0 Å². The summed E-state index contributed by atoms with van der Waals surface area (Å²) in [7, 11) is 0. The first kappa shape index (κ1) is 12.2. The van der Waals surface area contributed by atoms with E-state index in [9.17, 15) is 9.18 Å². The Kier molecular flexibility index (Phi) is 3.01. The number of carbonyl (C=O) groups excluding carboxylic acids is 1. The van der Waals surface area contributed by atoms with E-state index in [0.717, 1.165) is 36.8 Å². The fourth-order valence-corrected chi connectivity index (χ4v) is 2.60. The van der Waals surface area contributed by atoms with Crippen LogP contribution in [0.15, 0.2) is 24.3 Å². The summed E-state index contributed by atoms with van der Waals surface area (Å²) in [5.74, 6) is 0.432. The van der Waals surface area contributed by atoms with Crippen molar-refractivity contribution in [2.24, 2.45) is 5.92 Å². The van der Waals surface area contributed by atoms with Crippen LogP contribution in [-0.4, -0.2) is 28.9 Å². The molecule has 100 valence electrons. The minimum Gasteiger partial charge on any atom is -0.351 e. The van der Waals surface area contributed by atoms with Crippen molar-refractivity contribution in [3.63, 3.8) is 0 Å². The van der Waals surface area contributed by atoms with Crippen LogP contribution in [0.25, 0.3) is 10.9 Å². The minimum absolute atomic E-state index is 0.0171. The Morgan fingerprint density at radius 1 is 1.32 bits per heavy atom. The maximum atomic E-state index is 13.1. The Balaban J connectivity index is 1.85. The van der Waals surface area contributed by atoms with Crippen LogP contribution >= 0.6 is 0 Å². The molecule has 1 aromatic heterocycles. The SMILES string of the molecule is CC1CCN(C(=O)c2cc3cc(F)ccc3[nH]2)CC1. The third kappa shape index (κ3) is 2.35. The number of nitrogens with one attached hydrogen (secondary N) is 1. The van der Waals surface area contributed by atoms with Gasteiger partial charge in [-0.25, -0.2) is 4.39 Å². The molecule has 2 aromatic rings. The van der Waals surface area contributed by atoms with Crippen LogP contribution in [0.1, 0.15) is 30.3 Å². The maximum absolute atomic E-state index is 13.1. The van der Waals surface area contributed by atoms with Crippen molar-refractivity contribution in [1.82, 2.24) is 9.88 Å². The van der Waals surface area contributed by atoms with Gasteiger partial charge in [0.15, 0.2) is 0 Å². The molecule has 1 aromatic carbocycles. The molecule has 19 heavy (non-hydrogen) atoms. The molecule has 4 heteroatoms. The lowest BCUT2D eigenvalue weighted by Crippen LogP contribution is -2.38. The number of carbonyl (C=O) groups is 1. The smallest absolute Gasteiger partial charge is 0.270 e. The lowest BCUT2D eigenvalue weighted by molar-refractivity contribution is 0.0692. The van der Waals surface area contributed by atoms with Crippen molar-refractivity contribution in [3.05, 3.63) is 35.8 Å². The molecule has 0 unspecified atom stereocenters. The van der Waals surface area contributed by atoms with Crippen molar-refractivity contribution >= 4 is 16.8 Å². The zero-order valence-corrected chi connectivity index (χ0v) is 10.9. The number of likely N-dealkylation sites (tertiary alicyclic amines) is 1. The van der Waals surface area contributed by atoms with E-state index in [4.69, 9.17) is 0 Å².